The molecular weight excluding hydrogens is 443 g/mol. The van der Waals surface area contributed by atoms with Gasteiger partial charge in [0.15, 0.2) is 0 Å². The predicted octanol–water partition coefficient (Wildman–Crippen LogP) is 4.85. The molecule has 3 aromatic rings. The van der Waals surface area contributed by atoms with Gasteiger partial charge in [0.1, 0.15) is 23.0 Å². The number of amides is 1. The summed E-state index contributed by atoms with van der Waals surface area (Å²) >= 11 is 0. The summed E-state index contributed by atoms with van der Waals surface area (Å²) in [5.41, 5.74) is 3.36. The third-order valence-electron chi connectivity index (χ3n) is 5.29. The van der Waals surface area contributed by atoms with E-state index in [9.17, 15) is 17.6 Å². The Balaban J connectivity index is 2.04. The van der Waals surface area contributed by atoms with Gasteiger partial charge in [0.2, 0.25) is 5.91 Å². The van der Waals surface area contributed by atoms with Crippen molar-refractivity contribution < 1.29 is 22.3 Å². The molecule has 6 nitrogen and oxygen atoms in total. The first kappa shape index (κ1) is 24.3. The lowest BCUT2D eigenvalue weighted by molar-refractivity contribution is -0.114. The molecule has 0 radical (unpaired) electrons. The highest BCUT2D eigenvalue weighted by molar-refractivity contribution is 7.93. The summed E-state index contributed by atoms with van der Waals surface area (Å²) in [4.78, 5) is 13.0. The van der Waals surface area contributed by atoms with E-state index in [2.05, 4.69) is 5.32 Å². The van der Waals surface area contributed by atoms with Gasteiger partial charge in [-0.25, -0.2) is 12.8 Å². The van der Waals surface area contributed by atoms with E-state index in [-0.39, 0.29) is 16.3 Å². The molecule has 0 saturated heterocycles. The second-order valence-electron chi connectivity index (χ2n) is 7.65. The number of ether oxygens (including phenoxy) is 1. The molecule has 8 heteroatoms. The minimum absolute atomic E-state index is 0.0766. The summed E-state index contributed by atoms with van der Waals surface area (Å²) in [7, 11) is -2.84. The van der Waals surface area contributed by atoms with Crippen molar-refractivity contribution in [3.63, 3.8) is 0 Å². The summed E-state index contributed by atoms with van der Waals surface area (Å²) < 4.78 is 47.2. The van der Waals surface area contributed by atoms with Crippen molar-refractivity contribution in [3.8, 4) is 5.75 Å². The normalized spacial score (nSPS) is 11.2. The van der Waals surface area contributed by atoms with Gasteiger partial charge in [-0.1, -0.05) is 31.2 Å². The number of carbonyl (C=O) groups excluding carboxylic acids is 1. The van der Waals surface area contributed by atoms with Crippen molar-refractivity contribution in [2.24, 2.45) is 0 Å². The molecule has 0 atom stereocenters. The molecule has 0 fully saturated rings. The lowest BCUT2D eigenvalue weighted by Gasteiger charge is -2.25. The molecule has 0 unspecified atom stereocenters. The molecule has 33 heavy (non-hydrogen) atoms. The summed E-state index contributed by atoms with van der Waals surface area (Å²) in [6, 6.07) is 15.4. The summed E-state index contributed by atoms with van der Waals surface area (Å²) in [5, 5.41) is 2.85. The number of hydrogen-bond donors (Lipinski definition) is 1. The van der Waals surface area contributed by atoms with Crippen LogP contribution in [0.5, 0.6) is 5.75 Å². The number of carbonyl (C=O) groups is 1. The standard InChI is InChI=1S/C25H27FN2O4S/c1-5-19-8-6-7-18(3)25(19)27-24(29)16-28(21-12-10-20(26)11-13-21)33(30,31)23-15-17(2)9-14-22(23)32-4/h6-15H,5,16H2,1-4H3,(H,27,29). The second-order valence-corrected chi connectivity index (χ2v) is 9.48. The van der Waals surface area contributed by atoms with Crippen LogP contribution < -0.4 is 14.4 Å². The fourth-order valence-electron chi connectivity index (χ4n) is 3.54. The fourth-order valence-corrected chi connectivity index (χ4v) is 5.20. The van der Waals surface area contributed by atoms with E-state index in [0.29, 0.717) is 17.7 Å². The Morgan fingerprint density at radius 1 is 1.06 bits per heavy atom. The van der Waals surface area contributed by atoms with Gasteiger partial charge in [-0.05, 0) is 73.4 Å². The van der Waals surface area contributed by atoms with Gasteiger partial charge in [0.25, 0.3) is 10.0 Å². The first-order valence-electron chi connectivity index (χ1n) is 10.5. The zero-order valence-electron chi connectivity index (χ0n) is 19.1. The number of rotatable bonds is 8. The van der Waals surface area contributed by atoms with Crippen molar-refractivity contribution in [1.82, 2.24) is 0 Å². The molecule has 0 saturated carbocycles. The van der Waals surface area contributed by atoms with Crippen molar-refractivity contribution in [2.75, 3.05) is 23.3 Å². The van der Waals surface area contributed by atoms with Crippen LogP contribution in [0.25, 0.3) is 0 Å². The van der Waals surface area contributed by atoms with Crippen LogP contribution in [0, 0.1) is 19.7 Å². The van der Waals surface area contributed by atoms with E-state index in [1.165, 1.54) is 25.3 Å². The van der Waals surface area contributed by atoms with Crippen LogP contribution in [0.2, 0.25) is 0 Å². The molecule has 0 aliphatic carbocycles. The molecule has 174 valence electrons. The SMILES string of the molecule is CCc1cccc(C)c1NC(=O)CN(c1ccc(F)cc1)S(=O)(=O)c1cc(C)ccc1OC. The molecule has 3 rings (SSSR count). The number of nitrogens with one attached hydrogen (secondary N) is 1. The minimum atomic E-state index is -4.22. The zero-order chi connectivity index (χ0) is 24.2. The number of halogens is 1. The third kappa shape index (κ3) is 5.34. The molecule has 0 bridgehead atoms. The maximum Gasteiger partial charge on any atom is 0.268 e. The Hall–Kier alpha value is -3.39. The van der Waals surface area contributed by atoms with Gasteiger partial charge in [-0.2, -0.15) is 0 Å². The highest BCUT2D eigenvalue weighted by Crippen LogP contribution is 2.31. The number of sulfonamides is 1. The number of benzene rings is 3. The lowest BCUT2D eigenvalue weighted by Crippen LogP contribution is -2.38. The summed E-state index contributed by atoms with van der Waals surface area (Å²) in [6.07, 6.45) is 0.706. The molecule has 3 aromatic carbocycles. The molecule has 0 aliphatic rings. The van der Waals surface area contributed by atoms with Crippen molar-refractivity contribution in [2.45, 2.75) is 32.1 Å². The van der Waals surface area contributed by atoms with Gasteiger partial charge < -0.3 is 10.1 Å². The predicted molar refractivity (Wildman–Crippen MR) is 128 cm³/mol. The van der Waals surface area contributed by atoms with Crippen molar-refractivity contribution in [3.05, 3.63) is 83.2 Å². The highest BCUT2D eigenvalue weighted by Gasteiger charge is 2.30. The topological polar surface area (TPSA) is 75.7 Å². The Kier molecular flexibility index (Phi) is 7.38. The molecule has 1 N–H and O–H groups in total. The largest absolute Gasteiger partial charge is 0.495 e. The van der Waals surface area contributed by atoms with Gasteiger partial charge in [0, 0.05) is 5.69 Å². The third-order valence-corrected chi connectivity index (χ3v) is 7.09. The van der Waals surface area contributed by atoms with Gasteiger partial charge in [-0.15, -0.1) is 0 Å². The van der Waals surface area contributed by atoms with E-state index in [1.54, 1.807) is 19.1 Å². The highest BCUT2D eigenvalue weighted by atomic mass is 32.2. The maximum absolute atomic E-state index is 13.7. The van der Waals surface area contributed by atoms with E-state index in [0.717, 1.165) is 27.6 Å². The average Bonchev–Trinajstić information content (AvgIpc) is 2.79. The lowest BCUT2D eigenvalue weighted by atomic mass is 10.1. The van der Waals surface area contributed by atoms with Crippen molar-refractivity contribution in [1.29, 1.82) is 0 Å². The van der Waals surface area contributed by atoms with Gasteiger partial charge in [0.05, 0.1) is 12.8 Å². The Morgan fingerprint density at radius 3 is 2.39 bits per heavy atom. The number of hydrogen-bond acceptors (Lipinski definition) is 4. The monoisotopic (exact) mass is 470 g/mol. The number of para-hydroxylation sites is 1. The van der Waals surface area contributed by atoms with E-state index >= 15 is 0 Å². The van der Waals surface area contributed by atoms with E-state index < -0.39 is 28.3 Å². The Labute approximate surface area is 194 Å². The van der Waals surface area contributed by atoms with E-state index in [4.69, 9.17) is 4.74 Å². The summed E-state index contributed by atoms with van der Waals surface area (Å²) in [6.45, 7) is 5.12. The molecular formula is C25H27FN2O4S. The quantitative estimate of drug-likeness (QED) is 0.511. The fraction of sp³-hybridized carbons (Fsp3) is 0.240. The molecule has 0 aliphatic heterocycles. The van der Waals surface area contributed by atoms with Crippen LogP contribution in [0.3, 0.4) is 0 Å². The maximum atomic E-state index is 13.7. The Morgan fingerprint density at radius 2 is 1.76 bits per heavy atom. The van der Waals surface area contributed by atoms with Gasteiger partial charge in [-0.3, -0.25) is 9.10 Å². The smallest absolute Gasteiger partial charge is 0.268 e. The number of aryl methyl sites for hydroxylation is 3. The number of anilines is 2. The Bertz CT molecular complexity index is 1260. The summed E-state index contributed by atoms with van der Waals surface area (Å²) in [5.74, 6) is -0.875. The van der Waals surface area contributed by atoms with Crippen LogP contribution in [-0.2, 0) is 21.2 Å². The van der Waals surface area contributed by atoms with Gasteiger partial charge >= 0.3 is 0 Å². The van der Waals surface area contributed by atoms with Crippen LogP contribution in [0.4, 0.5) is 15.8 Å². The first-order valence-corrected chi connectivity index (χ1v) is 11.9. The molecule has 0 aromatic heterocycles. The molecule has 0 spiro atoms. The molecule has 1 amide bonds. The van der Waals surface area contributed by atoms with Crippen LogP contribution in [0.1, 0.15) is 23.6 Å². The first-order chi connectivity index (χ1) is 15.7. The van der Waals surface area contributed by atoms with Crippen LogP contribution in [-0.4, -0.2) is 28.0 Å². The number of nitrogens with zero attached hydrogens (tertiary/aromatic N) is 1. The van der Waals surface area contributed by atoms with Crippen LogP contribution >= 0.6 is 0 Å². The minimum Gasteiger partial charge on any atom is -0.495 e. The second kappa shape index (κ2) is 10.0. The average molecular weight is 471 g/mol. The van der Waals surface area contributed by atoms with Crippen molar-refractivity contribution >= 4 is 27.3 Å². The van der Waals surface area contributed by atoms with Crippen LogP contribution in [0.15, 0.2) is 65.6 Å². The molecule has 0 heterocycles. The number of methoxy groups -OCH3 is 1. The zero-order valence-corrected chi connectivity index (χ0v) is 19.9. The van der Waals surface area contributed by atoms with E-state index in [1.807, 2.05) is 32.0 Å².